The molecule has 146 valence electrons. The van der Waals surface area contributed by atoms with Gasteiger partial charge in [0.2, 0.25) is 11.8 Å². The molecule has 2 aliphatic rings. The second kappa shape index (κ2) is 7.66. The number of carbonyl (C=O) groups excluding carboxylic acids is 2. The maximum atomic E-state index is 13.0. The Bertz CT molecular complexity index is 893. The molecule has 2 unspecified atom stereocenters. The minimum Gasteiger partial charge on any atom is -0.489 e. The summed E-state index contributed by atoms with van der Waals surface area (Å²) in [5.41, 5.74) is 2.87. The van der Waals surface area contributed by atoms with Crippen molar-refractivity contribution in [3.05, 3.63) is 54.1 Å². The highest BCUT2D eigenvalue weighted by molar-refractivity contribution is 6.05. The van der Waals surface area contributed by atoms with Crippen LogP contribution in [0.5, 0.6) is 5.75 Å². The average molecular weight is 378 g/mol. The molecule has 2 atom stereocenters. The van der Waals surface area contributed by atoms with Crippen LogP contribution in [0.25, 0.3) is 0 Å². The van der Waals surface area contributed by atoms with E-state index in [0.717, 1.165) is 25.1 Å². The van der Waals surface area contributed by atoms with Gasteiger partial charge in [0.25, 0.3) is 0 Å². The Morgan fingerprint density at radius 3 is 2.64 bits per heavy atom. The summed E-state index contributed by atoms with van der Waals surface area (Å²) in [6.45, 7) is 4.63. The van der Waals surface area contributed by atoms with E-state index in [1.165, 1.54) is 5.56 Å². The zero-order chi connectivity index (χ0) is 19.7. The molecule has 0 saturated heterocycles. The van der Waals surface area contributed by atoms with Crippen molar-refractivity contribution < 1.29 is 14.3 Å². The number of hydrogen-bond acceptors (Lipinski definition) is 3. The molecule has 0 bridgehead atoms. The van der Waals surface area contributed by atoms with Gasteiger partial charge in [-0.2, -0.15) is 0 Å². The zero-order valence-corrected chi connectivity index (χ0v) is 16.4. The summed E-state index contributed by atoms with van der Waals surface area (Å²) >= 11 is 0. The van der Waals surface area contributed by atoms with Gasteiger partial charge in [0.15, 0.2) is 0 Å². The lowest BCUT2D eigenvalue weighted by Crippen LogP contribution is -2.37. The first-order chi connectivity index (χ1) is 13.5. The van der Waals surface area contributed by atoms with Crippen molar-refractivity contribution in [2.75, 3.05) is 16.8 Å². The highest BCUT2D eigenvalue weighted by Crippen LogP contribution is 2.43. The van der Waals surface area contributed by atoms with E-state index >= 15 is 0 Å². The van der Waals surface area contributed by atoms with Crippen LogP contribution in [0.4, 0.5) is 11.4 Å². The van der Waals surface area contributed by atoms with E-state index in [1.54, 1.807) is 0 Å². The van der Waals surface area contributed by atoms with Crippen molar-refractivity contribution in [1.29, 1.82) is 0 Å². The Hall–Kier alpha value is -2.82. The van der Waals surface area contributed by atoms with E-state index in [4.69, 9.17) is 4.74 Å². The Labute approximate surface area is 165 Å². The molecule has 5 heteroatoms. The predicted molar refractivity (Wildman–Crippen MR) is 110 cm³/mol. The van der Waals surface area contributed by atoms with Gasteiger partial charge in [-0.3, -0.25) is 9.59 Å². The van der Waals surface area contributed by atoms with Crippen molar-refractivity contribution in [2.45, 2.75) is 39.2 Å². The number of rotatable bonds is 5. The monoisotopic (exact) mass is 378 g/mol. The third-order valence-corrected chi connectivity index (χ3v) is 5.33. The van der Waals surface area contributed by atoms with Crippen molar-refractivity contribution in [3.8, 4) is 5.75 Å². The topological polar surface area (TPSA) is 58.6 Å². The lowest BCUT2D eigenvalue weighted by Gasteiger charge is -2.29. The number of ether oxygens (including phenoxy) is 1. The van der Waals surface area contributed by atoms with Gasteiger partial charge in [0.05, 0.1) is 23.6 Å². The number of para-hydroxylation sites is 3. The number of benzene rings is 2. The number of nitrogens with one attached hydrogen (secondary N) is 1. The Morgan fingerprint density at radius 1 is 1.07 bits per heavy atom. The Kier molecular flexibility index (Phi) is 5.07. The standard InChI is InChI=1S/C23H26N2O3/c1-15(2)28-21-12-6-4-10-19(21)24-22(26)17-14-18(17)23(27)25-13-7-9-16-8-3-5-11-20(16)25/h3-6,8,10-12,15,17-18H,7,9,13-14H2,1-2H3,(H,24,26). The zero-order valence-electron chi connectivity index (χ0n) is 16.4. The quantitative estimate of drug-likeness (QED) is 0.855. The number of aryl methyl sites for hydroxylation is 1. The van der Waals surface area contributed by atoms with Gasteiger partial charge in [-0.05, 0) is 56.9 Å². The van der Waals surface area contributed by atoms with Crippen LogP contribution >= 0.6 is 0 Å². The summed E-state index contributed by atoms with van der Waals surface area (Å²) in [7, 11) is 0. The van der Waals surface area contributed by atoms with E-state index in [0.29, 0.717) is 17.9 Å². The van der Waals surface area contributed by atoms with Crippen molar-refractivity contribution in [2.24, 2.45) is 11.8 Å². The smallest absolute Gasteiger partial charge is 0.230 e. The molecule has 0 aromatic heterocycles. The molecule has 5 nitrogen and oxygen atoms in total. The second-order valence-corrected chi connectivity index (χ2v) is 7.82. The highest BCUT2D eigenvalue weighted by atomic mass is 16.5. The van der Waals surface area contributed by atoms with Gasteiger partial charge in [0.1, 0.15) is 5.75 Å². The summed E-state index contributed by atoms with van der Waals surface area (Å²) in [6, 6.07) is 15.5. The SMILES string of the molecule is CC(C)Oc1ccccc1NC(=O)C1CC1C(=O)N1CCCc2ccccc21. The van der Waals surface area contributed by atoms with Crippen molar-refractivity contribution >= 4 is 23.2 Å². The normalized spacial score (nSPS) is 20.5. The van der Waals surface area contributed by atoms with Gasteiger partial charge in [-0.15, -0.1) is 0 Å². The third kappa shape index (κ3) is 3.75. The molecular weight excluding hydrogens is 352 g/mol. The molecule has 2 amide bonds. The number of nitrogens with zero attached hydrogens (tertiary/aromatic N) is 1. The largest absolute Gasteiger partial charge is 0.489 e. The molecule has 2 aromatic carbocycles. The maximum absolute atomic E-state index is 13.0. The molecule has 1 heterocycles. The molecule has 2 aromatic rings. The number of amides is 2. The molecular formula is C23H26N2O3. The molecule has 1 aliphatic heterocycles. The first kappa shape index (κ1) is 18.5. The van der Waals surface area contributed by atoms with Crippen LogP contribution in [0.2, 0.25) is 0 Å². The maximum Gasteiger partial charge on any atom is 0.230 e. The van der Waals surface area contributed by atoms with E-state index < -0.39 is 0 Å². The van der Waals surface area contributed by atoms with Gasteiger partial charge < -0.3 is 15.0 Å². The fourth-order valence-electron chi connectivity index (χ4n) is 3.87. The van der Waals surface area contributed by atoms with Crippen LogP contribution in [0.3, 0.4) is 0 Å². The third-order valence-electron chi connectivity index (χ3n) is 5.33. The van der Waals surface area contributed by atoms with Crippen molar-refractivity contribution in [1.82, 2.24) is 0 Å². The number of carbonyl (C=O) groups is 2. The highest BCUT2D eigenvalue weighted by Gasteiger charge is 2.50. The molecule has 1 saturated carbocycles. The summed E-state index contributed by atoms with van der Waals surface area (Å²) in [4.78, 5) is 27.6. The van der Waals surface area contributed by atoms with E-state index in [1.807, 2.05) is 61.2 Å². The summed E-state index contributed by atoms with van der Waals surface area (Å²) in [5.74, 6) is 0.111. The number of anilines is 2. The molecule has 1 fully saturated rings. The molecule has 0 radical (unpaired) electrons. The minimum atomic E-state index is -0.270. The minimum absolute atomic E-state index is 0.0208. The van der Waals surface area contributed by atoms with Crippen LogP contribution in [0, 0.1) is 11.8 Å². The second-order valence-electron chi connectivity index (χ2n) is 7.82. The van der Waals surface area contributed by atoms with Crippen molar-refractivity contribution in [3.63, 3.8) is 0 Å². The summed E-state index contributed by atoms with van der Waals surface area (Å²) in [5, 5.41) is 2.95. The first-order valence-electron chi connectivity index (χ1n) is 10.0. The van der Waals surface area contributed by atoms with Crippen LogP contribution in [-0.4, -0.2) is 24.5 Å². The van der Waals surface area contributed by atoms with E-state index in [2.05, 4.69) is 11.4 Å². The van der Waals surface area contributed by atoms with Crippen LogP contribution in [0.15, 0.2) is 48.5 Å². The summed E-state index contributed by atoms with van der Waals surface area (Å²) < 4.78 is 5.76. The lowest BCUT2D eigenvalue weighted by molar-refractivity contribution is -0.123. The molecule has 1 N–H and O–H groups in total. The lowest BCUT2D eigenvalue weighted by atomic mass is 10.0. The molecule has 28 heavy (non-hydrogen) atoms. The van der Waals surface area contributed by atoms with E-state index in [-0.39, 0.29) is 29.8 Å². The average Bonchev–Trinajstić information content (AvgIpc) is 3.49. The van der Waals surface area contributed by atoms with Crippen LogP contribution in [0.1, 0.15) is 32.3 Å². The first-order valence-corrected chi connectivity index (χ1v) is 10.0. The molecule has 1 aliphatic carbocycles. The van der Waals surface area contributed by atoms with Crippen LogP contribution < -0.4 is 15.0 Å². The molecule has 0 spiro atoms. The summed E-state index contributed by atoms with van der Waals surface area (Å²) in [6.07, 6.45) is 2.59. The Balaban J connectivity index is 1.42. The Morgan fingerprint density at radius 2 is 1.82 bits per heavy atom. The number of fused-ring (bicyclic) bond motifs is 1. The number of hydrogen-bond donors (Lipinski definition) is 1. The van der Waals surface area contributed by atoms with Gasteiger partial charge >= 0.3 is 0 Å². The molecule has 4 rings (SSSR count). The van der Waals surface area contributed by atoms with Gasteiger partial charge in [0, 0.05) is 12.2 Å². The van der Waals surface area contributed by atoms with E-state index in [9.17, 15) is 9.59 Å². The fraction of sp³-hybridized carbons (Fsp3) is 0.391. The van der Waals surface area contributed by atoms with Gasteiger partial charge in [-0.25, -0.2) is 0 Å². The fourth-order valence-corrected chi connectivity index (χ4v) is 3.87. The van der Waals surface area contributed by atoms with Gasteiger partial charge in [-0.1, -0.05) is 30.3 Å². The predicted octanol–water partition coefficient (Wildman–Crippen LogP) is 4.03. The van der Waals surface area contributed by atoms with Crippen LogP contribution in [-0.2, 0) is 16.0 Å².